The van der Waals surface area contributed by atoms with Crippen LogP contribution in [0.3, 0.4) is 0 Å². The van der Waals surface area contributed by atoms with Crippen LogP contribution >= 0.6 is 11.3 Å². The minimum Gasteiger partial charge on any atom is -0.397 e. The number of fused-ring (bicyclic) bond motifs is 1. The summed E-state index contributed by atoms with van der Waals surface area (Å²) in [4.78, 5) is 19.4. The Morgan fingerprint density at radius 2 is 1.48 bits per heavy atom. The monoisotopic (exact) mass is 420 g/mol. The molecule has 0 amide bonds. The first-order valence-corrected chi connectivity index (χ1v) is 10.9. The topological polar surface area (TPSA) is 56.0 Å². The maximum absolute atomic E-state index is 13.2. The molecule has 0 aliphatic rings. The molecule has 0 bridgehead atoms. The summed E-state index contributed by atoms with van der Waals surface area (Å²) in [5, 5.41) is 0.841. The van der Waals surface area contributed by atoms with Gasteiger partial charge in [0.1, 0.15) is 9.71 Å². The molecule has 0 saturated heterocycles. The highest BCUT2D eigenvalue weighted by atomic mass is 32.1. The Morgan fingerprint density at radius 1 is 0.839 bits per heavy atom. The molecule has 2 aromatic heterocycles. The van der Waals surface area contributed by atoms with Crippen molar-refractivity contribution in [3.8, 4) is 22.4 Å². The number of hydrogen-bond acceptors (Lipinski definition) is 4. The number of hydrogen-bond donors (Lipinski definition) is 1. The van der Waals surface area contributed by atoms with Crippen LogP contribution in [0.15, 0.2) is 91.0 Å². The van der Waals surface area contributed by atoms with Gasteiger partial charge in [0.25, 0.3) is 0 Å². The van der Waals surface area contributed by atoms with Crippen molar-refractivity contribution in [3.63, 3.8) is 0 Å². The average Bonchev–Trinajstić information content (AvgIpc) is 3.16. The molecule has 2 N–H and O–H groups in total. The summed E-state index contributed by atoms with van der Waals surface area (Å²) in [5.74, 6) is -0.0720. The molecule has 3 nitrogen and oxygen atoms in total. The number of benzene rings is 3. The normalized spacial score (nSPS) is 11.0. The van der Waals surface area contributed by atoms with Gasteiger partial charge in [0, 0.05) is 16.5 Å². The zero-order chi connectivity index (χ0) is 21.4. The number of carbonyl (C=O) groups excluding carboxylic acids is 1. The van der Waals surface area contributed by atoms with E-state index in [0.29, 0.717) is 16.1 Å². The Morgan fingerprint density at radius 3 is 2.16 bits per heavy atom. The fourth-order valence-electron chi connectivity index (χ4n) is 3.73. The fraction of sp³-hybridized carbons (Fsp3) is 0.0370. The van der Waals surface area contributed by atoms with Gasteiger partial charge in [-0.25, -0.2) is 4.98 Å². The third-order valence-corrected chi connectivity index (χ3v) is 6.47. The van der Waals surface area contributed by atoms with E-state index in [1.807, 2.05) is 60.7 Å². The summed E-state index contributed by atoms with van der Waals surface area (Å²) < 4.78 is 0. The Bertz CT molecular complexity index is 1390. The number of thiophene rings is 1. The van der Waals surface area contributed by atoms with Crippen molar-refractivity contribution < 1.29 is 4.79 Å². The summed E-state index contributed by atoms with van der Waals surface area (Å²) >= 11 is 1.36. The highest BCUT2D eigenvalue weighted by Crippen LogP contribution is 2.42. The number of nitrogens with zero attached hydrogens (tertiary/aromatic N) is 1. The van der Waals surface area contributed by atoms with Crippen molar-refractivity contribution in [2.75, 3.05) is 5.73 Å². The molecule has 3 aromatic carbocycles. The highest BCUT2D eigenvalue weighted by molar-refractivity contribution is 7.21. The molecule has 0 aliphatic heterocycles. The number of rotatable bonds is 4. The molecule has 0 aliphatic carbocycles. The molecule has 150 valence electrons. The first-order chi connectivity index (χ1) is 15.1. The summed E-state index contributed by atoms with van der Waals surface area (Å²) in [6.45, 7) is 2.07. The second kappa shape index (κ2) is 7.82. The van der Waals surface area contributed by atoms with Crippen LogP contribution in [-0.4, -0.2) is 10.8 Å². The van der Waals surface area contributed by atoms with Gasteiger partial charge in [0.05, 0.1) is 11.4 Å². The lowest BCUT2D eigenvalue weighted by molar-refractivity contribution is 0.104. The third kappa shape index (κ3) is 3.51. The van der Waals surface area contributed by atoms with Gasteiger partial charge >= 0.3 is 0 Å². The maximum Gasteiger partial charge on any atom is 0.205 e. The molecule has 5 rings (SSSR count). The molecule has 5 aromatic rings. The number of carbonyl (C=O) groups is 1. The van der Waals surface area contributed by atoms with Crippen LogP contribution in [-0.2, 0) is 0 Å². The van der Waals surface area contributed by atoms with Gasteiger partial charge in [-0.2, -0.15) is 0 Å². The predicted octanol–water partition coefficient (Wildman–Crippen LogP) is 6.75. The number of aromatic nitrogens is 1. The lowest BCUT2D eigenvalue weighted by Crippen LogP contribution is -2.01. The first-order valence-electron chi connectivity index (χ1n) is 10.1. The van der Waals surface area contributed by atoms with Gasteiger partial charge in [-0.3, -0.25) is 4.79 Å². The number of anilines is 1. The van der Waals surface area contributed by atoms with E-state index in [1.54, 1.807) is 0 Å². The Kier molecular flexibility index (Phi) is 4.85. The van der Waals surface area contributed by atoms with Crippen LogP contribution in [0, 0.1) is 6.92 Å². The van der Waals surface area contributed by atoms with Gasteiger partial charge < -0.3 is 5.73 Å². The van der Waals surface area contributed by atoms with Crippen LogP contribution < -0.4 is 5.73 Å². The summed E-state index contributed by atoms with van der Waals surface area (Å²) in [5.41, 5.74) is 12.8. The number of ketones is 1. The lowest BCUT2D eigenvalue weighted by atomic mass is 9.98. The van der Waals surface area contributed by atoms with E-state index in [4.69, 9.17) is 10.7 Å². The van der Waals surface area contributed by atoms with Crippen molar-refractivity contribution in [2.45, 2.75) is 6.92 Å². The third-order valence-electron chi connectivity index (χ3n) is 5.37. The smallest absolute Gasteiger partial charge is 0.205 e. The van der Waals surface area contributed by atoms with Crippen LogP contribution in [0.2, 0.25) is 0 Å². The van der Waals surface area contributed by atoms with E-state index in [9.17, 15) is 4.79 Å². The Balaban J connectivity index is 1.77. The number of aryl methyl sites for hydroxylation is 1. The fourth-order valence-corrected chi connectivity index (χ4v) is 4.81. The van der Waals surface area contributed by atoms with E-state index >= 15 is 0 Å². The van der Waals surface area contributed by atoms with Crippen molar-refractivity contribution in [3.05, 3.63) is 107 Å². The van der Waals surface area contributed by atoms with Crippen molar-refractivity contribution in [1.82, 2.24) is 4.98 Å². The molecule has 0 saturated carbocycles. The number of nitrogen functional groups attached to an aromatic ring is 1. The van der Waals surface area contributed by atoms with Crippen LogP contribution in [0.5, 0.6) is 0 Å². The molecule has 4 heteroatoms. The summed E-state index contributed by atoms with van der Waals surface area (Å²) in [6.07, 6.45) is 0. The van der Waals surface area contributed by atoms with Crippen LogP contribution in [0.1, 0.15) is 20.8 Å². The van der Waals surface area contributed by atoms with Gasteiger partial charge in [-0.15, -0.1) is 11.3 Å². The molecule has 0 spiro atoms. The van der Waals surface area contributed by atoms with E-state index in [2.05, 4.69) is 37.3 Å². The highest BCUT2D eigenvalue weighted by Gasteiger charge is 2.22. The van der Waals surface area contributed by atoms with E-state index in [-0.39, 0.29) is 5.78 Å². The van der Waals surface area contributed by atoms with Crippen LogP contribution in [0.25, 0.3) is 32.6 Å². The van der Waals surface area contributed by atoms with Crippen molar-refractivity contribution in [1.29, 1.82) is 0 Å². The number of nitrogens with two attached hydrogens (primary N) is 1. The van der Waals surface area contributed by atoms with Gasteiger partial charge in [-0.1, -0.05) is 90.5 Å². The number of pyridine rings is 1. The second-order valence-corrected chi connectivity index (χ2v) is 8.51. The first kappa shape index (κ1) is 19.2. The average molecular weight is 421 g/mol. The summed E-state index contributed by atoms with van der Waals surface area (Å²) in [7, 11) is 0. The van der Waals surface area contributed by atoms with Crippen molar-refractivity contribution >= 4 is 33.0 Å². The zero-order valence-corrected chi connectivity index (χ0v) is 17.8. The molecule has 2 heterocycles. The largest absolute Gasteiger partial charge is 0.397 e. The summed E-state index contributed by atoms with van der Waals surface area (Å²) in [6, 6.07) is 29.7. The molecule has 0 fully saturated rings. The van der Waals surface area contributed by atoms with E-state index < -0.39 is 0 Å². The minimum absolute atomic E-state index is 0.0720. The van der Waals surface area contributed by atoms with E-state index in [1.165, 1.54) is 16.9 Å². The zero-order valence-electron chi connectivity index (χ0n) is 17.0. The molecular formula is C27H20N2OS. The van der Waals surface area contributed by atoms with Gasteiger partial charge in [-0.05, 0) is 24.1 Å². The van der Waals surface area contributed by atoms with Gasteiger partial charge in [0.2, 0.25) is 5.78 Å². The molecule has 31 heavy (non-hydrogen) atoms. The lowest BCUT2D eigenvalue weighted by Gasteiger charge is -2.09. The van der Waals surface area contributed by atoms with Crippen molar-refractivity contribution in [2.24, 2.45) is 0 Å². The molecule has 0 atom stereocenters. The van der Waals surface area contributed by atoms with E-state index in [0.717, 1.165) is 32.6 Å². The molecular weight excluding hydrogens is 400 g/mol. The molecule has 0 unspecified atom stereocenters. The standard InChI is InChI=1S/C27H20N2OS/c1-17-12-14-18(15-13-17)21-16-22(19-8-4-2-5-9-19)29-27-23(21)24(28)26(31-27)25(30)20-10-6-3-7-11-20/h2-16H,28H2,1H3. The Hall–Kier alpha value is -3.76. The quantitative estimate of drug-likeness (QED) is 0.327. The van der Waals surface area contributed by atoms with Crippen LogP contribution in [0.4, 0.5) is 5.69 Å². The minimum atomic E-state index is -0.0720. The Labute approximate surface area is 184 Å². The SMILES string of the molecule is Cc1ccc(-c2cc(-c3ccccc3)nc3sc(C(=O)c4ccccc4)c(N)c23)cc1. The second-order valence-electron chi connectivity index (χ2n) is 7.51. The predicted molar refractivity (Wildman–Crippen MR) is 130 cm³/mol. The molecule has 0 radical (unpaired) electrons. The van der Waals surface area contributed by atoms with Gasteiger partial charge in [0.15, 0.2) is 0 Å². The maximum atomic E-state index is 13.2.